The van der Waals surface area contributed by atoms with Gasteiger partial charge < -0.3 is 5.11 Å². The Hall–Kier alpha value is -1.37. The molecular weight excluding hydrogens is 292 g/mol. The molecule has 1 atom stereocenters. The van der Waals surface area contributed by atoms with Gasteiger partial charge in [0.05, 0.1) is 6.20 Å². The van der Waals surface area contributed by atoms with Gasteiger partial charge in [0.25, 0.3) is 0 Å². The fraction of sp³-hybridized carbons (Fsp3) is 0.714. The van der Waals surface area contributed by atoms with Gasteiger partial charge in [0.1, 0.15) is 0 Å². The first-order valence-corrected chi connectivity index (χ1v) is 9.08. The number of carboxylic acid groups (broad SMARTS) is 1. The Bertz CT molecular complexity index is 617. The van der Waals surface area contributed by atoms with Crippen LogP contribution < -0.4 is 0 Å². The van der Waals surface area contributed by atoms with E-state index in [2.05, 4.69) is 5.10 Å². The molecule has 0 aromatic carbocycles. The summed E-state index contributed by atoms with van der Waals surface area (Å²) in [4.78, 5) is 11.3. The molecule has 0 aliphatic heterocycles. The van der Waals surface area contributed by atoms with Crippen LogP contribution in [0.3, 0.4) is 0 Å². The molecule has 1 aliphatic rings. The van der Waals surface area contributed by atoms with E-state index in [1.165, 1.54) is 38.2 Å². The lowest BCUT2D eigenvalue weighted by Gasteiger charge is -2.22. The molecule has 1 saturated carbocycles. The van der Waals surface area contributed by atoms with Crippen LogP contribution in [0.2, 0.25) is 0 Å². The first kappa shape index (κ1) is 16.0. The lowest BCUT2D eigenvalue weighted by atomic mass is 10.0. The average Bonchev–Trinajstić information content (AvgIpc) is 3.04. The lowest BCUT2D eigenvalue weighted by molar-refractivity contribution is -0.139. The lowest BCUT2D eigenvalue weighted by Crippen LogP contribution is -2.43. The summed E-state index contributed by atoms with van der Waals surface area (Å²) < 4.78 is 23.3. The highest BCUT2D eigenvalue weighted by molar-refractivity contribution is 7.92. The van der Waals surface area contributed by atoms with Crippen LogP contribution in [0.4, 0.5) is 0 Å². The highest BCUT2D eigenvalue weighted by Crippen LogP contribution is 2.33. The van der Waals surface area contributed by atoms with Crippen LogP contribution in [0.15, 0.2) is 12.4 Å². The topological polar surface area (TPSA) is 89.3 Å². The molecule has 1 unspecified atom stereocenters. The normalized spacial score (nSPS) is 19.5. The molecule has 0 spiro atoms. The smallest absolute Gasteiger partial charge is 0.324 e. The third-order valence-corrected chi connectivity index (χ3v) is 6.58. The molecule has 1 aromatic heterocycles. The summed E-state index contributed by atoms with van der Waals surface area (Å²) >= 11 is 0. The number of hydrogen-bond acceptors (Lipinski definition) is 4. The van der Waals surface area contributed by atoms with Gasteiger partial charge in [-0.15, -0.1) is 0 Å². The minimum atomic E-state index is -3.68. The zero-order valence-electron chi connectivity index (χ0n) is 12.4. The molecule has 7 heteroatoms. The van der Waals surface area contributed by atoms with Gasteiger partial charge in [0.15, 0.2) is 14.6 Å². The zero-order valence-corrected chi connectivity index (χ0v) is 13.3. The maximum atomic E-state index is 11.7. The van der Waals surface area contributed by atoms with Crippen molar-refractivity contribution in [2.24, 2.45) is 0 Å². The van der Waals surface area contributed by atoms with Crippen molar-refractivity contribution in [3.8, 4) is 0 Å². The number of carbonyl (C=O) groups is 1. The van der Waals surface area contributed by atoms with E-state index in [1.807, 2.05) is 12.4 Å². The van der Waals surface area contributed by atoms with Gasteiger partial charge >= 0.3 is 5.97 Å². The third kappa shape index (κ3) is 3.28. The SMILES string of the molecule is CC(CCn1cc(C2CCCC2)cn1)(C(=O)O)S(C)(=O)=O. The van der Waals surface area contributed by atoms with Crippen LogP contribution >= 0.6 is 0 Å². The molecule has 1 aliphatic carbocycles. The summed E-state index contributed by atoms with van der Waals surface area (Å²) in [6.45, 7) is 1.54. The molecule has 1 fully saturated rings. The van der Waals surface area contributed by atoms with Crippen molar-refractivity contribution < 1.29 is 18.3 Å². The quantitative estimate of drug-likeness (QED) is 0.865. The molecule has 6 nitrogen and oxygen atoms in total. The monoisotopic (exact) mass is 314 g/mol. The Labute approximate surface area is 125 Å². The van der Waals surface area contributed by atoms with Crippen LogP contribution in [0.1, 0.15) is 50.5 Å². The predicted octanol–water partition coefficient (Wildman–Crippen LogP) is 1.82. The van der Waals surface area contributed by atoms with Crippen molar-refractivity contribution >= 4 is 15.8 Å². The Morgan fingerprint density at radius 1 is 1.48 bits per heavy atom. The molecular formula is C14H22N2O4S. The zero-order chi connectivity index (χ0) is 15.7. The standard InChI is InChI=1S/C14H22N2O4S/c1-14(13(17)18,21(2,19)20)7-8-16-10-12(9-15-16)11-5-3-4-6-11/h9-11H,3-8H2,1-2H3,(H,17,18). The van der Waals surface area contributed by atoms with E-state index < -0.39 is 20.6 Å². The Kier molecular flexibility index (Phi) is 4.41. The summed E-state index contributed by atoms with van der Waals surface area (Å²) in [5.74, 6) is -0.771. The molecule has 0 saturated heterocycles. The van der Waals surface area contributed by atoms with Crippen LogP contribution in [0, 0.1) is 0 Å². The Morgan fingerprint density at radius 2 is 2.10 bits per heavy atom. The Morgan fingerprint density at radius 3 is 2.62 bits per heavy atom. The molecule has 0 amide bonds. The van der Waals surface area contributed by atoms with E-state index in [4.69, 9.17) is 0 Å². The number of nitrogens with zero attached hydrogens (tertiary/aromatic N) is 2. The second-order valence-electron chi connectivity index (χ2n) is 6.08. The summed E-state index contributed by atoms with van der Waals surface area (Å²) in [6.07, 6.45) is 9.52. The van der Waals surface area contributed by atoms with Crippen molar-refractivity contribution in [3.63, 3.8) is 0 Å². The van der Waals surface area contributed by atoms with Gasteiger partial charge in [0.2, 0.25) is 0 Å². The largest absolute Gasteiger partial charge is 0.480 e. The van der Waals surface area contributed by atoms with Crippen molar-refractivity contribution in [1.29, 1.82) is 0 Å². The van der Waals surface area contributed by atoms with Gasteiger partial charge in [0, 0.05) is 19.0 Å². The van der Waals surface area contributed by atoms with Gasteiger partial charge in [-0.1, -0.05) is 12.8 Å². The molecule has 1 aromatic rings. The number of sulfone groups is 1. The van der Waals surface area contributed by atoms with Crippen molar-refractivity contribution in [2.45, 2.75) is 56.2 Å². The fourth-order valence-electron chi connectivity index (χ4n) is 2.75. The number of aromatic nitrogens is 2. The van der Waals surface area contributed by atoms with Gasteiger partial charge in [-0.3, -0.25) is 9.48 Å². The summed E-state index contributed by atoms with van der Waals surface area (Å²) in [6, 6.07) is 0. The maximum Gasteiger partial charge on any atom is 0.324 e. The molecule has 21 heavy (non-hydrogen) atoms. The second kappa shape index (κ2) is 5.79. The second-order valence-corrected chi connectivity index (χ2v) is 8.52. The van der Waals surface area contributed by atoms with Crippen LogP contribution in [0.25, 0.3) is 0 Å². The van der Waals surface area contributed by atoms with Crippen LogP contribution in [0.5, 0.6) is 0 Å². The highest BCUT2D eigenvalue weighted by atomic mass is 32.2. The molecule has 118 valence electrons. The number of aryl methyl sites for hydroxylation is 1. The number of carboxylic acids is 1. The van der Waals surface area contributed by atoms with E-state index >= 15 is 0 Å². The van der Waals surface area contributed by atoms with Gasteiger partial charge in [-0.05, 0) is 37.7 Å². The number of aliphatic carboxylic acids is 1. The molecule has 0 radical (unpaired) electrons. The predicted molar refractivity (Wildman–Crippen MR) is 78.9 cm³/mol. The number of rotatable bonds is 6. The first-order chi connectivity index (χ1) is 9.74. The van der Waals surface area contributed by atoms with Crippen LogP contribution in [-0.4, -0.2) is 40.3 Å². The molecule has 1 heterocycles. The average molecular weight is 314 g/mol. The summed E-state index contributed by atoms with van der Waals surface area (Å²) in [7, 11) is -3.68. The van der Waals surface area contributed by atoms with Crippen molar-refractivity contribution in [3.05, 3.63) is 18.0 Å². The minimum absolute atomic E-state index is 0.00690. The Balaban J connectivity index is 2.06. The van der Waals surface area contributed by atoms with Crippen LogP contribution in [-0.2, 0) is 21.2 Å². The molecule has 0 bridgehead atoms. The van der Waals surface area contributed by atoms with E-state index in [-0.39, 0.29) is 13.0 Å². The fourth-order valence-corrected chi connectivity index (χ4v) is 3.53. The van der Waals surface area contributed by atoms with E-state index in [0.29, 0.717) is 5.92 Å². The first-order valence-electron chi connectivity index (χ1n) is 7.19. The summed E-state index contributed by atoms with van der Waals surface area (Å²) in [5, 5.41) is 13.4. The molecule has 2 rings (SSSR count). The van der Waals surface area contributed by atoms with Gasteiger partial charge in [-0.2, -0.15) is 5.10 Å². The van der Waals surface area contributed by atoms with E-state index in [1.54, 1.807) is 4.68 Å². The van der Waals surface area contributed by atoms with Crippen molar-refractivity contribution in [1.82, 2.24) is 9.78 Å². The number of hydrogen-bond donors (Lipinski definition) is 1. The van der Waals surface area contributed by atoms with E-state index in [9.17, 15) is 18.3 Å². The van der Waals surface area contributed by atoms with Crippen molar-refractivity contribution in [2.75, 3.05) is 6.26 Å². The highest BCUT2D eigenvalue weighted by Gasteiger charge is 2.43. The maximum absolute atomic E-state index is 11.7. The van der Waals surface area contributed by atoms with Gasteiger partial charge in [-0.25, -0.2) is 8.42 Å². The van der Waals surface area contributed by atoms with E-state index in [0.717, 1.165) is 6.26 Å². The third-order valence-electron chi connectivity index (χ3n) is 4.57. The molecule has 1 N–H and O–H groups in total. The minimum Gasteiger partial charge on any atom is -0.480 e. The summed E-state index contributed by atoms with van der Waals surface area (Å²) in [5.41, 5.74) is 1.17.